The Morgan fingerprint density at radius 2 is 1.92 bits per heavy atom. The summed E-state index contributed by atoms with van der Waals surface area (Å²) in [6.07, 6.45) is 3.03. The summed E-state index contributed by atoms with van der Waals surface area (Å²) in [5.41, 5.74) is 3.19. The Labute approximate surface area is 137 Å². The Balaban J connectivity index is 1.92. The van der Waals surface area contributed by atoms with Crippen molar-refractivity contribution in [1.82, 2.24) is 15.3 Å². The molecule has 0 aliphatic heterocycles. The summed E-state index contributed by atoms with van der Waals surface area (Å²) in [5.74, 6) is -0.710. The Morgan fingerprint density at radius 1 is 1.25 bits per heavy atom. The van der Waals surface area contributed by atoms with E-state index in [2.05, 4.69) is 20.5 Å². The Morgan fingerprint density at radius 3 is 2.54 bits per heavy atom. The average molecular weight is 325 g/mol. The van der Waals surface area contributed by atoms with Gasteiger partial charge in [-0.1, -0.05) is 18.2 Å². The third kappa shape index (κ3) is 3.23. The van der Waals surface area contributed by atoms with Crippen LogP contribution < -0.4 is 15.3 Å². The smallest absolute Gasteiger partial charge is 0.288 e. The highest BCUT2D eigenvalue weighted by molar-refractivity contribution is 6.00. The first kappa shape index (κ1) is 15.6. The van der Waals surface area contributed by atoms with E-state index < -0.39 is 0 Å². The van der Waals surface area contributed by atoms with Gasteiger partial charge < -0.3 is 5.11 Å². The predicted octanol–water partition coefficient (Wildman–Crippen LogP) is -0.278. The van der Waals surface area contributed by atoms with Crippen molar-refractivity contribution < 1.29 is 19.4 Å². The standard InChI is InChI=1S/C16H15N5O3/c1-20-10-21(9-17-20)18-15(22)13-5-3-12-8-14(16(23)19-24-2)6-4-11(12)7-13/h3-10H,1-2H3,(H-,18,19,22,23). The van der Waals surface area contributed by atoms with Crippen LogP contribution in [0.5, 0.6) is 0 Å². The van der Waals surface area contributed by atoms with Crippen LogP contribution in [-0.2, 0) is 11.9 Å². The number of carbonyl (C=O) groups is 1. The van der Waals surface area contributed by atoms with Crippen LogP contribution in [0.2, 0.25) is 0 Å². The van der Waals surface area contributed by atoms with Gasteiger partial charge in [-0.25, -0.2) is 5.48 Å². The van der Waals surface area contributed by atoms with Crippen molar-refractivity contribution in [3.05, 3.63) is 60.2 Å². The van der Waals surface area contributed by atoms with E-state index in [9.17, 15) is 9.90 Å². The number of aromatic nitrogens is 3. The second kappa shape index (κ2) is 6.47. The molecule has 1 aromatic heterocycles. The van der Waals surface area contributed by atoms with Gasteiger partial charge in [0.25, 0.3) is 12.2 Å². The van der Waals surface area contributed by atoms with Gasteiger partial charge in [0.1, 0.15) is 0 Å². The molecule has 0 unspecified atom stereocenters. The summed E-state index contributed by atoms with van der Waals surface area (Å²) in [6.45, 7) is 0. The van der Waals surface area contributed by atoms with E-state index in [0.717, 1.165) is 10.8 Å². The number of benzene rings is 2. The van der Waals surface area contributed by atoms with Gasteiger partial charge in [0.2, 0.25) is 6.33 Å². The zero-order valence-corrected chi connectivity index (χ0v) is 13.1. The lowest BCUT2D eigenvalue weighted by Crippen LogP contribution is -2.32. The number of hydroxylamine groups is 1. The van der Waals surface area contributed by atoms with Gasteiger partial charge in [0.05, 0.1) is 14.2 Å². The topological polar surface area (TPSA) is 95.4 Å². The molecule has 0 saturated heterocycles. The molecule has 0 radical (unpaired) electrons. The minimum atomic E-state index is -0.379. The lowest BCUT2D eigenvalue weighted by Gasteiger charge is -2.10. The van der Waals surface area contributed by atoms with Gasteiger partial charge in [0.15, 0.2) is 0 Å². The van der Waals surface area contributed by atoms with E-state index in [1.54, 1.807) is 54.5 Å². The van der Waals surface area contributed by atoms with Crippen LogP contribution in [0.15, 0.2) is 54.2 Å². The second-order valence-corrected chi connectivity index (χ2v) is 5.12. The predicted molar refractivity (Wildman–Crippen MR) is 83.8 cm³/mol. The van der Waals surface area contributed by atoms with Crippen LogP contribution in [-0.4, -0.2) is 28.7 Å². The largest absolute Gasteiger partial charge is 0.856 e. The molecular formula is C16H15N5O3. The second-order valence-electron chi connectivity index (χ2n) is 5.12. The van der Waals surface area contributed by atoms with Gasteiger partial charge in [-0.15, -0.1) is 14.5 Å². The first-order valence-electron chi connectivity index (χ1n) is 7.10. The normalized spacial score (nSPS) is 11.7. The number of amides is 1. The fraction of sp³-hybridized carbons (Fsp3) is 0.125. The Hall–Kier alpha value is -3.26. The highest BCUT2D eigenvalue weighted by Crippen LogP contribution is 2.18. The van der Waals surface area contributed by atoms with Crippen LogP contribution in [0.4, 0.5) is 0 Å². The lowest BCUT2D eigenvalue weighted by atomic mass is 10.0. The number of nitrogens with one attached hydrogen (secondary N) is 1. The highest BCUT2D eigenvalue weighted by Gasteiger charge is 2.06. The molecule has 0 saturated carbocycles. The minimum Gasteiger partial charge on any atom is -0.856 e. The van der Waals surface area contributed by atoms with Crippen molar-refractivity contribution in [2.24, 2.45) is 12.1 Å². The molecule has 0 aliphatic rings. The van der Waals surface area contributed by atoms with E-state index in [-0.39, 0.29) is 11.8 Å². The maximum absolute atomic E-state index is 12.2. The monoisotopic (exact) mass is 325 g/mol. The fourth-order valence-electron chi connectivity index (χ4n) is 2.25. The molecule has 0 atom stereocenters. The Kier molecular flexibility index (Phi) is 4.21. The van der Waals surface area contributed by atoms with Crippen molar-refractivity contribution in [1.29, 1.82) is 0 Å². The van der Waals surface area contributed by atoms with Crippen molar-refractivity contribution in [2.75, 3.05) is 7.11 Å². The molecule has 0 aliphatic carbocycles. The van der Waals surface area contributed by atoms with Crippen molar-refractivity contribution >= 4 is 22.6 Å². The van der Waals surface area contributed by atoms with Gasteiger partial charge >= 0.3 is 0 Å². The summed E-state index contributed by atoms with van der Waals surface area (Å²) < 4.78 is 2.90. The molecule has 1 N–H and O–H groups in total. The number of hydrogen-bond acceptors (Lipinski definition) is 5. The lowest BCUT2D eigenvalue weighted by molar-refractivity contribution is -0.682. The summed E-state index contributed by atoms with van der Waals surface area (Å²) in [4.78, 5) is 16.4. The zero-order chi connectivity index (χ0) is 17.1. The third-order valence-corrected chi connectivity index (χ3v) is 3.39. The fourth-order valence-corrected chi connectivity index (χ4v) is 2.25. The van der Waals surface area contributed by atoms with Crippen molar-refractivity contribution in [3.8, 4) is 0 Å². The van der Waals surface area contributed by atoms with E-state index >= 15 is 0 Å². The quantitative estimate of drug-likeness (QED) is 0.309. The molecule has 0 spiro atoms. The summed E-state index contributed by atoms with van der Waals surface area (Å²) in [7, 11) is 3.12. The molecule has 3 aromatic rings. The van der Waals surface area contributed by atoms with Crippen LogP contribution in [0.1, 0.15) is 15.9 Å². The first-order chi connectivity index (χ1) is 11.6. The number of fused-ring (bicyclic) bond motifs is 1. The number of carbonyl (C=O) groups excluding carboxylic acids is 1. The van der Waals surface area contributed by atoms with Gasteiger partial charge in [-0.3, -0.25) is 9.63 Å². The number of nitrogens with zero attached hydrogens (tertiary/aromatic N) is 4. The van der Waals surface area contributed by atoms with E-state index in [1.165, 1.54) is 18.1 Å². The van der Waals surface area contributed by atoms with E-state index in [4.69, 9.17) is 0 Å². The highest BCUT2D eigenvalue weighted by atomic mass is 16.6. The first-order valence-corrected chi connectivity index (χ1v) is 7.10. The van der Waals surface area contributed by atoms with Crippen molar-refractivity contribution in [3.63, 3.8) is 0 Å². The van der Waals surface area contributed by atoms with Crippen LogP contribution in [0.3, 0.4) is 0 Å². The Bertz CT molecular complexity index is 932. The zero-order valence-electron chi connectivity index (χ0n) is 13.1. The molecule has 1 amide bonds. The van der Waals surface area contributed by atoms with E-state index in [1.807, 2.05) is 0 Å². The molecule has 1 heterocycles. The van der Waals surface area contributed by atoms with Crippen LogP contribution >= 0.6 is 0 Å². The van der Waals surface area contributed by atoms with Gasteiger partial charge in [0, 0.05) is 16.6 Å². The maximum Gasteiger partial charge on any atom is 0.288 e. The molecular weight excluding hydrogens is 310 g/mol. The maximum atomic E-state index is 12.2. The SMILES string of the molecule is CONC(=O)c1ccc2cc(/C([O-])=N\[n+]3cnn(C)c3)ccc2c1. The summed E-state index contributed by atoms with van der Waals surface area (Å²) in [6, 6.07) is 10.3. The molecule has 8 heteroatoms. The summed E-state index contributed by atoms with van der Waals surface area (Å²) in [5, 5.41) is 21.8. The van der Waals surface area contributed by atoms with E-state index in [0.29, 0.717) is 11.1 Å². The average Bonchev–Trinajstić information content (AvgIpc) is 2.99. The molecule has 122 valence electrons. The number of aryl methyl sites for hydroxylation is 1. The van der Waals surface area contributed by atoms with Crippen LogP contribution in [0, 0.1) is 0 Å². The molecule has 3 rings (SSSR count). The number of rotatable bonds is 4. The molecule has 8 nitrogen and oxygen atoms in total. The molecule has 24 heavy (non-hydrogen) atoms. The minimum absolute atomic E-state index is 0.331. The van der Waals surface area contributed by atoms with Gasteiger partial charge in [-0.2, -0.15) is 0 Å². The molecule has 2 aromatic carbocycles. The van der Waals surface area contributed by atoms with Gasteiger partial charge in [-0.05, 0) is 34.5 Å². The molecule has 0 fully saturated rings. The molecule has 0 bridgehead atoms. The van der Waals surface area contributed by atoms with Crippen molar-refractivity contribution in [2.45, 2.75) is 0 Å². The number of hydrogen-bond donors (Lipinski definition) is 1. The summed E-state index contributed by atoms with van der Waals surface area (Å²) >= 11 is 0. The van der Waals surface area contributed by atoms with Crippen LogP contribution in [0.25, 0.3) is 10.8 Å². The third-order valence-electron chi connectivity index (χ3n) is 3.39.